The van der Waals surface area contributed by atoms with Crippen molar-refractivity contribution in [3.05, 3.63) is 58.1 Å². The molecule has 0 unspecified atom stereocenters. The third-order valence-electron chi connectivity index (χ3n) is 5.31. The number of hydrogen-bond acceptors (Lipinski definition) is 2. The van der Waals surface area contributed by atoms with Crippen molar-refractivity contribution < 1.29 is 9.59 Å². The highest BCUT2D eigenvalue weighted by atomic mass is 79.9. The van der Waals surface area contributed by atoms with E-state index in [1.54, 1.807) is 12.1 Å². The first kappa shape index (κ1) is 17.3. The first-order valence-electron chi connectivity index (χ1n) is 9.13. The van der Waals surface area contributed by atoms with Crippen molar-refractivity contribution in [1.29, 1.82) is 0 Å². The molecule has 2 aliphatic rings. The molecule has 134 valence electrons. The summed E-state index contributed by atoms with van der Waals surface area (Å²) < 4.78 is 0.943. The van der Waals surface area contributed by atoms with Crippen molar-refractivity contribution in [1.82, 2.24) is 0 Å². The molecule has 2 aromatic carbocycles. The molecule has 4 nitrogen and oxygen atoms in total. The first-order chi connectivity index (χ1) is 12.6. The Hall–Kier alpha value is -2.14. The van der Waals surface area contributed by atoms with E-state index >= 15 is 0 Å². The number of rotatable bonds is 3. The highest BCUT2D eigenvalue weighted by Crippen LogP contribution is 2.34. The Kier molecular flexibility index (Phi) is 4.81. The molecule has 1 N–H and O–H groups in total. The number of nitrogens with one attached hydrogen (secondary N) is 1. The minimum absolute atomic E-state index is 0.130. The Labute approximate surface area is 161 Å². The molecule has 0 aromatic heterocycles. The van der Waals surface area contributed by atoms with Gasteiger partial charge in [0.15, 0.2) is 0 Å². The van der Waals surface area contributed by atoms with Crippen molar-refractivity contribution in [3.63, 3.8) is 0 Å². The van der Waals surface area contributed by atoms with Gasteiger partial charge in [0.1, 0.15) is 0 Å². The summed E-state index contributed by atoms with van der Waals surface area (Å²) in [5, 5.41) is 2.95. The number of anilines is 2. The van der Waals surface area contributed by atoms with Crippen LogP contribution in [0.5, 0.6) is 0 Å². The summed E-state index contributed by atoms with van der Waals surface area (Å²) in [4.78, 5) is 27.1. The van der Waals surface area contributed by atoms with Gasteiger partial charge >= 0.3 is 0 Å². The zero-order valence-electron chi connectivity index (χ0n) is 14.5. The summed E-state index contributed by atoms with van der Waals surface area (Å²) in [5.41, 5.74) is 3.52. The van der Waals surface area contributed by atoms with E-state index in [4.69, 9.17) is 0 Å². The van der Waals surface area contributed by atoms with Gasteiger partial charge in [0, 0.05) is 33.9 Å². The molecule has 2 aromatic rings. The molecular weight excluding hydrogens is 392 g/mol. The number of nitrogens with zero attached hydrogens (tertiary/aromatic N) is 1. The van der Waals surface area contributed by atoms with Crippen molar-refractivity contribution in [2.75, 3.05) is 16.8 Å². The maximum Gasteiger partial charge on any atom is 0.255 e. The predicted molar refractivity (Wildman–Crippen MR) is 107 cm³/mol. The summed E-state index contributed by atoms with van der Waals surface area (Å²) >= 11 is 3.37. The van der Waals surface area contributed by atoms with E-state index in [0.29, 0.717) is 5.56 Å². The second kappa shape index (κ2) is 7.23. The molecule has 1 saturated carbocycles. The monoisotopic (exact) mass is 412 g/mol. The number of hydrogen-bond donors (Lipinski definition) is 1. The molecule has 1 heterocycles. The van der Waals surface area contributed by atoms with Gasteiger partial charge in [0.25, 0.3) is 5.91 Å². The van der Waals surface area contributed by atoms with E-state index in [0.717, 1.165) is 60.1 Å². The Balaban J connectivity index is 1.48. The van der Waals surface area contributed by atoms with Crippen LogP contribution in [0.1, 0.15) is 41.6 Å². The highest BCUT2D eigenvalue weighted by molar-refractivity contribution is 9.10. The van der Waals surface area contributed by atoms with Gasteiger partial charge in [-0.1, -0.05) is 28.8 Å². The molecule has 1 aliphatic heterocycles. The lowest BCUT2D eigenvalue weighted by atomic mass is 10.1. The van der Waals surface area contributed by atoms with Crippen LogP contribution in [0.3, 0.4) is 0 Å². The van der Waals surface area contributed by atoms with E-state index < -0.39 is 0 Å². The molecule has 0 atom stereocenters. The number of benzene rings is 2. The topological polar surface area (TPSA) is 49.4 Å². The third-order valence-corrected chi connectivity index (χ3v) is 5.84. The molecule has 0 bridgehead atoms. The maximum atomic E-state index is 12.7. The highest BCUT2D eigenvalue weighted by Gasteiger charge is 2.31. The molecule has 4 rings (SSSR count). The van der Waals surface area contributed by atoms with E-state index in [9.17, 15) is 9.59 Å². The molecule has 1 fully saturated rings. The van der Waals surface area contributed by atoms with Gasteiger partial charge in [-0.25, -0.2) is 0 Å². The first-order valence-corrected chi connectivity index (χ1v) is 9.92. The fourth-order valence-electron chi connectivity index (χ4n) is 3.91. The molecule has 26 heavy (non-hydrogen) atoms. The van der Waals surface area contributed by atoms with Crippen LogP contribution in [-0.2, 0) is 11.2 Å². The molecule has 2 amide bonds. The smallest absolute Gasteiger partial charge is 0.255 e. The minimum Gasteiger partial charge on any atom is -0.322 e. The zero-order valence-corrected chi connectivity index (χ0v) is 16.1. The van der Waals surface area contributed by atoms with Crippen LogP contribution >= 0.6 is 15.9 Å². The van der Waals surface area contributed by atoms with Crippen LogP contribution in [0.4, 0.5) is 11.4 Å². The molecular formula is C21H21BrN2O2. The predicted octanol–water partition coefficient (Wildman–Crippen LogP) is 4.78. The van der Waals surface area contributed by atoms with Gasteiger partial charge in [-0.15, -0.1) is 0 Å². The number of carbonyl (C=O) groups is 2. The van der Waals surface area contributed by atoms with Crippen molar-refractivity contribution in [2.45, 2.75) is 32.1 Å². The van der Waals surface area contributed by atoms with Crippen LogP contribution in [0.25, 0.3) is 0 Å². The van der Waals surface area contributed by atoms with Crippen LogP contribution in [0.15, 0.2) is 46.9 Å². The number of carbonyl (C=O) groups excluding carboxylic acids is 2. The van der Waals surface area contributed by atoms with Crippen LogP contribution in [0.2, 0.25) is 0 Å². The third kappa shape index (κ3) is 3.40. The second-order valence-corrected chi connectivity index (χ2v) is 7.94. The zero-order chi connectivity index (χ0) is 18.1. The van der Waals surface area contributed by atoms with Gasteiger partial charge in [-0.2, -0.15) is 0 Å². The Morgan fingerprint density at radius 1 is 1.04 bits per heavy atom. The lowest BCUT2D eigenvalue weighted by Crippen LogP contribution is -2.33. The number of fused-ring (bicyclic) bond motifs is 1. The molecule has 0 saturated heterocycles. The Bertz CT molecular complexity index is 842. The van der Waals surface area contributed by atoms with Gasteiger partial charge < -0.3 is 10.2 Å². The van der Waals surface area contributed by atoms with Gasteiger partial charge in [-0.05, 0) is 67.3 Å². The fourth-order valence-corrected chi connectivity index (χ4v) is 4.17. The summed E-state index contributed by atoms with van der Waals surface area (Å²) in [6.07, 6.45) is 5.21. The maximum absolute atomic E-state index is 12.7. The average Bonchev–Trinajstić information content (AvgIpc) is 3.31. The van der Waals surface area contributed by atoms with Crippen molar-refractivity contribution in [3.8, 4) is 0 Å². The quantitative estimate of drug-likeness (QED) is 0.788. The van der Waals surface area contributed by atoms with E-state index in [1.807, 2.05) is 35.2 Å². The molecule has 1 aliphatic carbocycles. The average molecular weight is 413 g/mol. The number of halogens is 1. The lowest BCUT2D eigenvalue weighted by Gasteiger charge is -2.21. The van der Waals surface area contributed by atoms with Crippen molar-refractivity contribution >= 4 is 39.1 Å². The van der Waals surface area contributed by atoms with Gasteiger partial charge in [0.05, 0.1) is 0 Å². The minimum atomic E-state index is -0.130. The normalized spacial score (nSPS) is 16.6. The molecule has 0 radical (unpaired) electrons. The Morgan fingerprint density at radius 3 is 2.50 bits per heavy atom. The van der Waals surface area contributed by atoms with E-state index in [1.165, 1.54) is 0 Å². The summed E-state index contributed by atoms with van der Waals surface area (Å²) in [6, 6.07) is 13.1. The van der Waals surface area contributed by atoms with Crippen LogP contribution < -0.4 is 10.2 Å². The van der Waals surface area contributed by atoms with Gasteiger partial charge in [0.2, 0.25) is 5.91 Å². The van der Waals surface area contributed by atoms with Crippen LogP contribution in [0, 0.1) is 5.92 Å². The summed E-state index contributed by atoms with van der Waals surface area (Å²) in [5.74, 6) is 0.333. The standard InChI is InChI=1S/C21H21BrN2O2/c22-17-7-5-14(6-8-17)20(25)23-18-9-10-19-16(13-18)11-12-24(19)21(26)15-3-1-2-4-15/h5-10,13,15H,1-4,11-12H2,(H,23,25). The largest absolute Gasteiger partial charge is 0.322 e. The van der Waals surface area contributed by atoms with Gasteiger partial charge in [-0.3, -0.25) is 9.59 Å². The lowest BCUT2D eigenvalue weighted by molar-refractivity contribution is -0.122. The summed E-state index contributed by atoms with van der Waals surface area (Å²) in [7, 11) is 0. The van der Waals surface area contributed by atoms with E-state index in [-0.39, 0.29) is 17.7 Å². The fraction of sp³-hybridized carbons (Fsp3) is 0.333. The van der Waals surface area contributed by atoms with E-state index in [2.05, 4.69) is 21.2 Å². The van der Waals surface area contributed by atoms with Crippen molar-refractivity contribution in [2.24, 2.45) is 5.92 Å². The summed E-state index contributed by atoms with van der Waals surface area (Å²) in [6.45, 7) is 0.745. The molecule has 5 heteroatoms. The molecule has 0 spiro atoms. The Morgan fingerprint density at radius 2 is 1.77 bits per heavy atom. The number of amides is 2. The second-order valence-electron chi connectivity index (χ2n) is 7.03. The SMILES string of the molecule is O=C(Nc1ccc2c(c1)CCN2C(=O)C1CCCC1)c1ccc(Br)cc1. The van der Waals surface area contributed by atoms with Crippen LogP contribution in [-0.4, -0.2) is 18.4 Å².